The van der Waals surface area contributed by atoms with Crippen molar-refractivity contribution in [2.24, 2.45) is 0 Å². The summed E-state index contributed by atoms with van der Waals surface area (Å²) in [5.41, 5.74) is 3.11. The number of hydrogen-bond donors (Lipinski definition) is 2. The van der Waals surface area contributed by atoms with E-state index in [1.54, 1.807) is 12.3 Å². The van der Waals surface area contributed by atoms with Gasteiger partial charge in [0.1, 0.15) is 0 Å². The molecule has 22 heavy (non-hydrogen) atoms. The predicted molar refractivity (Wildman–Crippen MR) is 84.3 cm³/mol. The smallest absolute Gasteiger partial charge is 0.286 e. The summed E-state index contributed by atoms with van der Waals surface area (Å²) in [7, 11) is 0. The molecule has 5 heteroatoms. The van der Waals surface area contributed by atoms with E-state index < -0.39 is 5.56 Å². The molecule has 1 atom stereocenters. The first-order valence-electron chi connectivity index (χ1n) is 7.28. The van der Waals surface area contributed by atoms with Gasteiger partial charge in [0.05, 0.1) is 11.7 Å². The number of benzene rings is 1. The number of fused-ring (bicyclic) bond motifs is 2. The molecule has 110 valence electrons. The van der Waals surface area contributed by atoms with E-state index in [-0.39, 0.29) is 11.7 Å². The van der Waals surface area contributed by atoms with Gasteiger partial charge < -0.3 is 10.5 Å². The predicted octanol–water partition coefficient (Wildman–Crippen LogP) is 2.73. The van der Waals surface area contributed by atoms with E-state index in [0.29, 0.717) is 10.4 Å². The van der Waals surface area contributed by atoms with Gasteiger partial charge in [-0.2, -0.15) is 0 Å². The number of anilines is 1. The van der Waals surface area contributed by atoms with Crippen LogP contribution in [0.15, 0.2) is 53.5 Å². The van der Waals surface area contributed by atoms with Crippen molar-refractivity contribution in [2.45, 2.75) is 18.9 Å². The lowest BCUT2D eigenvalue weighted by Crippen LogP contribution is -2.20. The molecule has 2 heterocycles. The van der Waals surface area contributed by atoms with Gasteiger partial charge in [-0.15, -0.1) is 4.73 Å². The maximum absolute atomic E-state index is 11.9. The second kappa shape index (κ2) is 4.87. The molecule has 1 unspecified atom stereocenters. The van der Waals surface area contributed by atoms with Crippen molar-refractivity contribution in [3.05, 3.63) is 70.1 Å². The Bertz CT molecular complexity index is 917. The average molecular weight is 293 g/mol. The Labute approximate surface area is 126 Å². The van der Waals surface area contributed by atoms with Gasteiger partial charge in [0.25, 0.3) is 5.56 Å². The van der Waals surface area contributed by atoms with E-state index in [0.717, 1.165) is 18.2 Å². The Kier molecular flexibility index (Phi) is 2.85. The molecule has 0 saturated carbocycles. The summed E-state index contributed by atoms with van der Waals surface area (Å²) in [5.74, 6) is 0. The van der Waals surface area contributed by atoms with Crippen LogP contribution in [0.3, 0.4) is 0 Å². The largest absolute Gasteiger partial charge is 0.423 e. The number of pyridine rings is 2. The standard InChI is InChI=1S/C17H15N3O2/c21-16-10-15(13-6-3-9-18-17(13)20(16)22)19-14-8-7-11-4-1-2-5-12(11)14/h1-6,9-10,14,19,22H,7-8H2. The third-order valence-electron chi connectivity index (χ3n) is 4.22. The molecule has 0 bridgehead atoms. The van der Waals surface area contributed by atoms with Gasteiger partial charge in [-0.3, -0.25) is 4.79 Å². The van der Waals surface area contributed by atoms with Gasteiger partial charge in [0, 0.05) is 17.6 Å². The Balaban J connectivity index is 1.80. The highest BCUT2D eigenvalue weighted by Crippen LogP contribution is 2.34. The van der Waals surface area contributed by atoms with Crippen LogP contribution >= 0.6 is 0 Å². The first-order chi connectivity index (χ1) is 10.7. The molecule has 1 aromatic carbocycles. The molecule has 0 saturated heterocycles. The Hall–Kier alpha value is -2.82. The van der Waals surface area contributed by atoms with Crippen molar-refractivity contribution in [3.63, 3.8) is 0 Å². The van der Waals surface area contributed by atoms with Gasteiger partial charge in [0.2, 0.25) is 0 Å². The highest BCUT2D eigenvalue weighted by molar-refractivity contribution is 5.88. The van der Waals surface area contributed by atoms with Crippen molar-refractivity contribution in [1.82, 2.24) is 9.71 Å². The van der Waals surface area contributed by atoms with E-state index in [4.69, 9.17) is 0 Å². The quantitative estimate of drug-likeness (QED) is 0.713. The molecule has 0 radical (unpaired) electrons. The van der Waals surface area contributed by atoms with Crippen LogP contribution in [0, 0.1) is 0 Å². The molecule has 0 amide bonds. The van der Waals surface area contributed by atoms with Gasteiger partial charge >= 0.3 is 0 Å². The van der Waals surface area contributed by atoms with E-state index in [9.17, 15) is 10.0 Å². The Morgan fingerprint density at radius 2 is 2.09 bits per heavy atom. The third kappa shape index (κ3) is 1.94. The van der Waals surface area contributed by atoms with Crippen molar-refractivity contribution in [2.75, 3.05) is 5.32 Å². The lowest BCUT2D eigenvalue weighted by Gasteiger charge is -2.17. The van der Waals surface area contributed by atoms with E-state index >= 15 is 0 Å². The molecule has 0 aliphatic heterocycles. The first-order valence-corrected chi connectivity index (χ1v) is 7.28. The molecule has 4 rings (SSSR count). The minimum atomic E-state index is -0.486. The minimum absolute atomic E-state index is 0.175. The molecule has 2 aromatic heterocycles. The summed E-state index contributed by atoms with van der Waals surface area (Å²) in [6.07, 6.45) is 3.58. The second-order valence-corrected chi connectivity index (χ2v) is 5.52. The molecule has 2 N–H and O–H groups in total. The van der Waals surface area contributed by atoms with Crippen LogP contribution in [0.1, 0.15) is 23.6 Å². The van der Waals surface area contributed by atoms with Gasteiger partial charge in [-0.05, 0) is 36.1 Å². The Morgan fingerprint density at radius 1 is 1.23 bits per heavy atom. The van der Waals surface area contributed by atoms with Crippen LogP contribution in [0.2, 0.25) is 0 Å². The van der Waals surface area contributed by atoms with Crippen molar-refractivity contribution >= 4 is 16.7 Å². The summed E-state index contributed by atoms with van der Waals surface area (Å²) >= 11 is 0. The molecular formula is C17H15N3O2. The maximum Gasteiger partial charge on any atom is 0.286 e. The zero-order valence-electron chi connectivity index (χ0n) is 11.9. The number of aromatic nitrogens is 2. The van der Waals surface area contributed by atoms with Crippen LogP contribution in [0.5, 0.6) is 0 Å². The zero-order chi connectivity index (χ0) is 15.1. The molecule has 0 spiro atoms. The number of nitrogens with zero attached hydrogens (tertiary/aromatic N) is 2. The maximum atomic E-state index is 11.9. The SMILES string of the molecule is O=c1cc(NC2CCc3ccccc32)c2cccnc2n1O. The number of nitrogens with one attached hydrogen (secondary N) is 1. The first kappa shape index (κ1) is 12.9. The molecule has 0 fully saturated rings. The second-order valence-electron chi connectivity index (χ2n) is 5.52. The summed E-state index contributed by atoms with van der Waals surface area (Å²) in [6.45, 7) is 0. The lowest BCUT2D eigenvalue weighted by molar-refractivity contribution is 0.187. The average Bonchev–Trinajstić information content (AvgIpc) is 2.96. The third-order valence-corrected chi connectivity index (χ3v) is 4.22. The van der Waals surface area contributed by atoms with Crippen LogP contribution in [0.25, 0.3) is 11.0 Å². The van der Waals surface area contributed by atoms with Crippen molar-refractivity contribution in [3.8, 4) is 0 Å². The molecule has 5 nitrogen and oxygen atoms in total. The highest BCUT2D eigenvalue weighted by atomic mass is 16.5. The molecular weight excluding hydrogens is 278 g/mol. The van der Waals surface area contributed by atoms with Gasteiger partial charge in [-0.25, -0.2) is 4.98 Å². The molecule has 3 aromatic rings. The van der Waals surface area contributed by atoms with Crippen molar-refractivity contribution < 1.29 is 5.21 Å². The minimum Gasteiger partial charge on any atom is -0.423 e. The number of hydrogen-bond acceptors (Lipinski definition) is 4. The van der Waals surface area contributed by atoms with Gasteiger partial charge in [-0.1, -0.05) is 24.3 Å². The summed E-state index contributed by atoms with van der Waals surface area (Å²) in [6, 6.07) is 13.6. The Morgan fingerprint density at radius 3 is 3.00 bits per heavy atom. The van der Waals surface area contributed by atoms with Crippen LogP contribution in [0.4, 0.5) is 5.69 Å². The topological polar surface area (TPSA) is 67.2 Å². The van der Waals surface area contributed by atoms with E-state index in [1.807, 2.05) is 18.2 Å². The monoisotopic (exact) mass is 293 g/mol. The highest BCUT2D eigenvalue weighted by Gasteiger charge is 2.22. The van der Waals surface area contributed by atoms with Crippen LogP contribution < -0.4 is 10.9 Å². The normalized spacial score (nSPS) is 16.6. The van der Waals surface area contributed by atoms with Crippen LogP contribution in [-0.2, 0) is 6.42 Å². The lowest BCUT2D eigenvalue weighted by atomic mass is 10.1. The summed E-state index contributed by atoms with van der Waals surface area (Å²) < 4.78 is 0.586. The van der Waals surface area contributed by atoms with Crippen molar-refractivity contribution in [1.29, 1.82) is 0 Å². The zero-order valence-corrected chi connectivity index (χ0v) is 11.9. The van der Waals surface area contributed by atoms with E-state index in [2.05, 4.69) is 22.4 Å². The van der Waals surface area contributed by atoms with Crippen LogP contribution in [-0.4, -0.2) is 14.9 Å². The fourth-order valence-electron chi connectivity index (χ4n) is 3.16. The number of rotatable bonds is 2. The summed E-state index contributed by atoms with van der Waals surface area (Å²) in [4.78, 5) is 16.0. The van der Waals surface area contributed by atoms with E-state index in [1.165, 1.54) is 17.2 Å². The van der Waals surface area contributed by atoms with Gasteiger partial charge in [0.15, 0.2) is 5.65 Å². The fourth-order valence-corrected chi connectivity index (χ4v) is 3.16. The molecule has 1 aliphatic carbocycles. The number of aryl methyl sites for hydroxylation is 1. The molecule has 1 aliphatic rings. The fraction of sp³-hybridized carbons (Fsp3) is 0.176. The summed E-state index contributed by atoms with van der Waals surface area (Å²) in [5, 5.41) is 14.0.